The summed E-state index contributed by atoms with van der Waals surface area (Å²) in [6, 6.07) is 19.5. The first-order valence-corrected chi connectivity index (χ1v) is 12.4. The summed E-state index contributed by atoms with van der Waals surface area (Å²) in [5.41, 5.74) is 13.2. The second-order valence-corrected chi connectivity index (χ2v) is 8.99. The van der Waals surface area contributed by atoms with E-state index in [1.54, 1.807) is 42.5 Å². The molecule has 0 unspecified atom stereocenters. The number of unbranched alkanes of at least 4 members (excludes halogenated alkanes) is 1. The smallest absolute Gasteiger partial charge is 0.343 e. The maximum absolute atomic E-state index is 12.4. The van der Waals surface area contributed by atoms with Gasteiger partial charge in [-0.05, 0) is 66.8 Å². The van der Waals surface area contributed by atoms with Gasteiger partial charge in [0.15, 0.2) is 5.96 Å². The predicted octanol–water partition coefficient (Wildman–Crippen LogP) is 3.99. The monoisotopic (exact) mass is 536 g/mol. The Kier molecular flexibility index (Phi) is 10.2. The van der Waals surface area contributed by atoms with E-state index in [2.05, 4.69) is 10.3 Å². The zero-order valence-electron chi connectivity index (χ0n) is 20.6. The molecule has 0 saturated heterocycles. The molecule has 0 aliphatic heterocycles. The second kappa shape index (κ2) is 13.8. The average Bonchev–Trinajstić information content (AvgIpc) is 2.88. The minimum Gasteiger partial charge on any atom is -0.480 e. The van der Waals surface area contributed by atoms with Crippen molar-refractivity contribution >= 4 is 41.1 Å². The minimum atomic E-state index is -1.07. The van der Waals surface area contributed by atoms with Gasteiger partial charge in [0.2, 0.25) is 5.91 Å². The Hall–Kier alpha value is -4.37. The number of nitrogens with one attached hydrogen (secondary N) is 1. The van der Waals surface area contributed by atoms with E-state index in [-0.39, 0.29) is 24.7 Å². The van der Waals surface area contributed by atoms with Gasteiger partial charge in [-0.2, -0.15) is 0 Å². The van der Waals surface area contributed by atoms with Crippen molar-refractivity contribution in [1.29, 1.82) is 0 Å². The van der Waals surface area contributed by atoms with Crippen molar-refractivity contribution in [2.24, 2.45) is 16.5 Å². The van der Waals surface area contributed by atoms with E-state index in [0.29, 0.717) is 41.3 Å². The Morgan fingerprint density at radius 3 is 2.32 bits per heavy atom. The molecule has 0 fully saturated rings. The van der Waals surface area contributed by atoms with Gasteiger partial charge in [-0.3, -0.25) is 4.79 Å². The first-order chi connectivity index (χ1) is 18.2. The summed E-state index contributed by atoms with van der Waals surface area (Å²) in [4.78, 5) is 40.1. The number of benzene rings is 3. The fraction of sp³-hybridized carbons (Fsp3) is 0.214. The number of guanidine groups is 1. The van der Waals surface area contributed by atoms with E-state index >= 15 is 0 Å². The number of aliphatic imine (C=N–C) groups is 1. The van der Waals surface area contributed by atoms with Gasteiger partial charge in [-0.1, -0.05) is 48.0 Å². The van der Waals surface area contributed by atoms with Gasteiger partial charge in [-0.15, -0.1) is 0 Å². The van der Waals surface area contributed by atoms with Crippen LogP contribution >= 0.6 is 11.6 Å². The van der Waals surface area contributed by atoms with Crippen LogP contribution in [0, 0.1) is 0 Å². The van der Waals surface area contributed by atoms with Crippen LogP contribution in [0.1, 0.15) is 40.7 Å². The van der Waals surface area contributed by atoms with Crippen LogP contribution in [-0.4, -0.2) is 35.0 Å². The van der Waals surface area contributed by atoms with Crippen molar-refractivity contribution in [2.45, 2.75) is 38.1 Å². The van der Waals surface area contributed by atoms with E-state index in [1.165, 1.54) is 0 Å². The number of nitrogens with two attached hydrogens (primary N) is 2. The Morgan fingerprint density at radius 2 is 1.68 bits per heavy atom. The molecule has 0 bridgehead atoms. The molecule has 10 heteroatoms. The molecule has 0 aliphatic carbocycles. The molecule has 0 aliphatic rings. The molecule has 198 valence electrons. The number of aryl methyl sites for hydroxylation is 1. The van der Waals surface area contributed by atoms with Gasteiger partial charge in [0.1, 0.15) is 11.8 Å². The quantitative estimate of drug-likeness (QED) is 0.0895. The number of carbonyl (C=O) groups is 3. The maximum atomic E-state index is 12.4. The van der Waals surface area contributed by atoms with Crippen LogP contribution in [0.25, 0.3) is 0 Å². The third-order valence-electron chi connectivity index (χ3n) is 5.61. The highest BCUT2D eigenvalue weighted by atomic mass is 35.5. The molecular formula is C28H29ClN4O5. The topological polar surface area (TPSA) is 157 Å². The van der Waals surface area contributed by atoms with E-state index in [0.717, 1.165) is 11.1 Å². The van der Waals surface area contributed by atoms with Crippen LogP contribution in [0.3, 0.4) is 0 Å². The maximum Gasteiger partial charge on any atom is 0.343 e. The summed E-state index contributed by atoms with van der Waals surface area (Å²) in [5.74, 6) is -1.72. The van der Waals surface area contributed by atoms with Crippen LogP contribution in [0.2, 0.25) is 5.02 Å². The molecule has 0 radical (unpaired) electrons. The van der Waals surface area contributed by atoms with E-state index in [4.69, 9.17) is 27.8 Å². The van der Waals surface area contributed by atoms with Crippen LogP contribution in [0.5, 0.6) is 5.75 Å². The third-order valence-corrected chi connectivity index (χ3v) is 5.96. The first-order valence-electron chi connectivity index (χ1n) is 12.0. The summed E-state index contributed by atoms with van der Waals surface area (Å²) in [7, 11) is 0. The fourth-order valence-electron chi connectivity index (χ4n) is 3.70. The Bertz CT molecular complexity index is 1290. The number of nitrogens with zero attached hydrogens (tertiary/aromatic N) is 1. The number of hydrogen-bond acceptors (Lipinski definition) is 5. The number of esters is 1. The molecule has 3 aromatic rings. The summed E-state index contributed by atoms with van der Waals surface area (Å²) in [6.45, 7) is 0. The van der Waals surface area contributed by atoms with Gasteiger partial charge in [0.05, 0.1) is 11.3 Å². The van der Waals surface area contributed by atoms with E-state index < -0.39 is 18.0 Å². The Morgan fingerprint density at radius 1 is 0.974 bits per heavy atom. The fourth-order valence-corrected chi connectivity index (χ4v) is 3.96. The highest BCUT2D eigenvalue weighted by Gasteiger charge is 2.20. The molecular weight excluding hydrogens is 508 g/mol. The van der Waals surface area contributed by atoms with Gasteiger partial charge in [0, 0.05) is 17.9 Å². The van der Waals surface area contributed by atoms with Gasteiger partial charge in [0.25, 0.3) is 0 Å². The molecule has 3 rings (SSSR count). The summed E-state index contributed by atoms with van der Waals surface area (Å²) in [5, 5.41) is 12.5. The summed E-state index contributed by atoms with van der Waals surface area (Å²) < 4.78 is 5.40. The largest absolute Gasteiger partial charge is 0.480 e. The second-order valence-electron chi connectivity index (χ2n) is 8.58. The lowest BCUT2D eigenvalue weighted by atomic mass is 10.0. The van der Waals surface area contributed by atoms with Crippen LogP contribution in [0.15, 0.2) is 77.8 Å². The molecule has 0 heterocycles. The third kappa shape index (κ3) is 8.94. The lowest BCUT2D eigenvalue weighted by Crippen LogP contribution is -2.42. The van der Waals surface area contributed by atoms with Gasteiger partial charge >= 0.3 is 11.9 Å². The highest BCUT2D eigenvalue weighted by Crippen LogP contribution is 2.25. The van der Waals surface area contributed by atoms with Crippen LogP contribution < -0.4 is 21.5 Å². The number of hydrogen-bond donors (Lipinski definition) is 4. The molecule has 1 amide bonds. The van der Waals surface area contributed by atoms with Crippen molar-refractivity contribution in [3.63, 3.8) is 0 Å². The highest BCUT2D eigenvalue weighted by molar-refractivity contribution is 6.31. The molecule has 1 atom stereocenters. The number of halogens is 1. The minimum absolute atomic E-state index is 0.0796. The number of amides is 1. The Balaban J connectivity index is 1.45. The van der Waals surface area contributed by atoms with Crippen LogP contribution in [0.4, 0.5) is 5.69 Å². The number of rotatable bonds is 12. The number of carboxylic acids is 1. The normalized spacial score (nSPS) is 11.3. The summed E-state index contributed by atoms with van der Waals surface area (Å²) in [6.07, 6.45) is 2.27. The molecule has 3 aromatic carbocycles. The van der Waals surface area contributed by atoms with Gasteiger partial charge in [-0.25, -0.2) is 14.6 Å². The zero-order valence-corrected chi connectivity index (χ0v) is 21.4. The van der Waals surface area contributed by atoms with Crippen molar-refractivity contribution < 1.29 is 24.2 Å². The van der Waals surface area contributed by atoms with E-state index in [9.17, 15) is 19.5 Å². The number of carbonyl (C=O) groups excluding carboxylic acids is 2. The predicted molar refractivity (Wildman–Crippen MR) is 146 cm³/mol. The lowest BCUT2D eigenvalue weighted by Gasteiger charge is -2.14. The van der Waals surface area contributed by atoms with Crippen molar-refractivity contribution in [3.8, 4) is 5.75 Å². The van der Waals surface area contributed by atoms with Crippen molar-refractivity contribution in [2.75, 3.05) is 0 Å². The molecule has 9 nitrogen and oxygen atoms in total. The van der Waals surface area contributed by atoms with Crippen LogP contribution in [-0.2, 0) is 22.4 Å². The Labute approximate surface area is 225 Å². The number of carboxylic acid groups (broad SMARTS) is 1. The van der Waals surface area contributed by atoms with Crippen molar-refractivity contribution in [1.82, 2.24) is 5.32 Å². The number of aliphatic carboxylic acids is 1. The van der Waals surface area contributed by atoms with Crippen molar-refractivity contribution in [3.05, 3.63) is 94.5 Å². The molecule has 0 saturated carbocycles. The summed E-state index contributed by atoms with van der Waals surface area (Å²) >= 11 is 6.38. The molecule has 0 aromatic heterocycles. The zero-order chi connectivity index (χ0) is 27.5. The van der Waals surface area contributed by atoms with E-state index in [1.807, 2.05) is 30.3 Å². The molecule has 6 N–H and O–H groups in total. The number of ether oxygens (including phenoxy) is 1. The first kappa shape index (κ1) is 28.2. The molecule has 38 heavy (non-hydrogen) atoms. The average molecular weight is 537 g/mol. The standard InChI is InChI=1S/C28H29ClN4O5/c29-23-17-22(38-27(37)20-10-13-21(14-11-20)32-28(30)31)15-12-19(23)8-4-5-9-25(34)33-24(26(35)36)16-18-6-2-1-3-7-18/h1-3,6-7,10-15,17,24H,4-5,8-9,16H2,(H,33,34)(H,35,36)(H4,30,31,32)/t24-/m0/s1. The SMILES string of the molecule is NC(N)=Nc1ccc(C(=O)Oc2ccc(CCCCC(=O)N[C@@H](Cc3ccccc3)C(=O)O)c(Cl)c2)cc1. The lowest BCUT2D eigenvalue weighted by molar-refractivity contribution is -0.141. The molecule has 0 spiro atoms. The van der Waals surface area contributed by atoms with Gasteiger partial charge < -0.3 is 26.6 Å².